The number of nitrogens with one attached hydrogen (secondary N) is 1. The fourth-order valence-electron chi connectivity index (χ4n) is 3.23. The molecule has 2 rings (SSSR count). The van der Waals surface area contributed by atoms with E-state index in [9.17, 15) is 4.21 Å². The Kier molecular flexibility index (Phi) is 5.79. The first-order valence-corrected chi connectivity index (χ1v) is 9.09. The molecule has 1 aromatic rings. The van der Waals surface area contributed by atoms with Crippen LogP contribution in [0.15, 0.2) is 30.3 Å². The van der Waals surface area contributed by atoms with Gasteiger partial charge in [0.05, 0.1) is 5.25 Å². The van der Waals surface area contributed by atoms with E-state index in [0.717, 1.165) is 18.6 Å². The van der Waals surface area contributed by atoms with Crippen LogP contribution in [0.4, 0.5) is 0 Å². The van der Waals surface area contributed by atoms with Crippen molar-refractivity contribution in [3.63, 3.8) is 0 Å². The normalized spacial score (nSPS) is 28.5. The average molecular weight is 293 g/mol. The lowest BCUT2D eigenvalue weighted by Crippen LogP contribution is -2.45. The van der Waals surface area contributed by atoms with Gasteiger partial charge in [-0.3, -0.25) is 4.21 Å². The van der Waals surface area contributed by atoms with E-state index in [2.05, 4.69) is 49.5 Å². The molecule has 112 valence electrons. The van der Waals surface area contributed by atoms with E-state index in [0.29, 0.717) is 23.1 Å². The molecule has 2 nitrogen and oxygen atoms in total. The summed E-state index contributed by atoms with van der Waals surface area (Å²) in [6.45, 7) is 4.31. The molecule has 0 radical (unpaired) electrons. The number of benzene rings is 1. The standard InChI is InChI=1S/C17H27NOS/c1-13(2)12-20(19)17-11-15(9-10-16(17)18-3)14-7-5-4-6-8-14/h4-8,13,15-18H,9-12H2,1-3H3. The number of hydrogen-bond donors (Lipinski definition) is 1. The van der Waals surface area contributed by atoms with Crippen molar-refractivity contribution in [2.24, 2.45) is 5.92 Å². The van der Waals surface area contributed by atoms with Crippen LogP contribution < -0.4 is 5.32 Å². The van der Waals surface area contributed by atoms with E-state index < -0.39 is 10.8 Å². The van der Waals surface area contributed by atoms with Crippen LogP contribution in [-0.4, -0.2) is 28.3 Å². The van der Waals surface area contributed by atoms with Crippen molar-refractivity contribution in [1.29, 1.82) is 0 Å². The molecule has 4 unspecified atom stereocenters. The minimum Gasteiger partial charge on any atom is -0.316 e. The molecule has 0 aliphatic heterocycles. The first kappa shape index (κ1) is 15.7. The highest BCUT2D eigenvalue weighted by molar-refractivity contribution is 7.85. The summed E-state index contributed by atoms with van der Waals surface area (Å²) in [4.78, 5) is 0. The Morgan fingerprint density at radius 2 is 1.95 bits per heavy atom. The maximum Gasteiger partial charge on any atom is 0.0507 e. The molecule has 4 atom stereocenters. The molecule has 20 heavy (non-hydrogen) atoms. The van der Waals surface area contributed by atoms with Crippen LogP contribution in [0.2, 0.25) is 0 Å². The third kappa shape index (κ3) is 3.92. The highest BCUT2D eigenvalue weighted by atomic mass is 32.2. The summed E-state index contributed by atoms with van der Waals surface area (Å²) in [7, 11) is 1.28. The second-order valence-electron chi connectivity index (χ2n) is 6.30. The smallest absolute Gasteiger partial charge is 0.0507 e. The van der Waals surface area contributed by atoms with Gasteiger partial charge in [-0.25, -0.2) is 0 Å². The zero-order valence-corrected chi connectivity index (χ0v) is 13.7. The Morgan fingerprint density at radius 3 is 2.55 bits per heavy atom. The van der Waals surface area contributed by atoms with Crippen molar-refractivity contribution in [2.45, 2.75) is 50.3 Å². The van der Waals surface area contributed by atoms with Gasteiger partial charge in [0, 0.05) is 22.6 Å². The maximum absolute atomic E-state index is 12.6. The summed E-state index contributed by atoms with van der Waals surface area (Å²) in [5.41, 5.74) is 1.41. The Labute approximate surface area is 125 Å². The molecule has 1 aliphatic rings. The molecule has 1 saturated carbocycles. The molecule has 0 bridgehead atoms. The summed E-state index contributed by atoms with van der Waals surface area (Å²) in [6, 6.07) is 11.1. The van der Waals surface area contributed by atoms with E-state index in [1.807, 2.05) is 7.05 Å². The topological polar surface area (TPSA) is 29.1 Å². The second kappa shape index (κ2) is 7.37. The predicted molar refractivity (Wildman–Crippen MR) is 87.5 cm³/mol. The molecule has 0 amide bonds. The van der Waals surface area contributed by atoms with Crippen molar-refractivity contribution < 1.29 is 4.21 Å². The van der Waals surface area contributed by atoms with Gasteiger partial charge in [0.15, 0.2) is 0 Å². The van der Waals surface area contributed by atoms with Crippen LogP contribution in [0, 0.1) is 5.92 Å². The summed E-state index contributed by atoms with van der Waals surface area (Å²) in [5.74, 6) is 1.90. The predicted octanol–water partition coefficient (Wildman–Crippen LogP) is 3.32. The molecule has 1 aromatic carbocycles. The third-order valence-electron chi connectivity index (χ3n) is 4.27. The molecule has 0 aromatic heterocycles. The zero-order valence-electron chi connectivity index (χ0n) is 12.8. The van der Waals surface area contributed by atoms with E-state index in [4.69, 9.17) is 0 Å². The lowest BCUT2D eigenvalue weighted by molar-refractivity contribution is 0.363. The highest BCUT2D eigenvalue weighted by Gasteiger charge is 2.34. The van der Waals surface area contributed by atoms with E-state index in [1.165, 1.54) is 12.0 Å². The van der Waals surface area contributed by atoms with Gasteiger partial charge >= 0.3 is 0 Å². The minimum atomic E-state index is -0.723. The molecule has 1 N–H and O–H groups in total. The molecule has 1 aliphatic carbocycles. The van der Waals surface area contributed by atoms with Crippen LogP contribution >= 0.6 is 0 Å². The molecule has 3 heteroatoms. The van der Waals surface area contributed by atoms with Crippen LogP contribution in [0.1, 0.15) is 44.6 Å². The molecule has 0 heterocycles. The largest absolute Gasteiger partial charge is 0.316 e. The van der Waals surface area contributed by atoms with Gasteiger partial charge in [0.25, 0.3) is 0 Å². The van der Waals surface area contributed by atoms with Gasteiger partial charge < -0.3 is 5.32 Å². The Morgan fingerprint density at radius 1 is 1.25 bits per heavy atom. The lowest BCUT2D eigenvalue weighted by Gasteiger charge is -2.36. The SMILES string of the molecule is CNC1CCC(c2ccccc2)CC1S(=O)CC(C)C. The molecule has 0 saturated heterocycles. The first-order chi connectivity index (χ1) is 9.61. The average Bonchev–Trinajstić information content (AvgIpc) is 2.46. The molecule has 1 fully saturated rings. The summed E-state index contributed by atoms with van der Waals surface area (Å²) in [5, 5.41) is 3.68. The number of hydrogen-bond acceptors (Lipinski definition) is 2. The van der Waals surface area contributed by atoms with Crippen molar-refractivity contribution in [3.05, 3.63) is 35.9 Å². The van der Waals surface area contributed by atoms with E-state index >= 15 is 0 Å². The number of rotatable bonds is 5. The van der Waals surface area contributed by atoms with Gasteiger partial charge in [-0.1, -0.05) is 44.2 Å². The molecule has 0 spiro atoms. The van der Waals surface area contributed by atoms with Gasteiger partial charge in [-0.15, -0.1) is 0 Å². The summed E-state index contributed by atoms with van der Waals surface area (Å²) < 4.78 is 12.6. The van der Waals surface area contributed by atoms with Crippen molar-refractivity contribution in [2.75, 3.05) is 12.8 Å². The maximum atomic E-state index is 12.6. The van der Waals surface area contributed by atoms with Crippen LogP contribution in [-0.2, 0) is 10.8 Å². The van der Waals surface area contributed by atoms with Crippen molar-refractivity contribution in [3.8, 4) is 0 Å². The summed E-state index contributed by atoms with van der Waals surface area (Å²) >= 11 is 0. The monoisotopic (exact) mass is 293 g/mol. The van der Waals surface area contributed by atoms with Gasteiger partial charge in [0.1, 0.15) is 0 Å². The van der Waals surface area contributed by atoms with E-state index in [-0.39, 0.29) is 0 Å². The first-order valence-electron chi connectivity index (χ1n) is 7.71. The van der Waals surface area contributed by atoms with Gasteiger partial charge in [-0.2, -0.15) is 0 Å². The van der Waals surface area contributed by atoms with E-state index in [1.54, 1.807) is 0 Å². The van der Waals surface area contributed by atoms with Crippen molar-refractivity contribution >= 4 is 10.8 Å². The summed E-state index contributed by atoms with van der Waals surface area (Å²) in [6.07, 6.45) is 3.38. The van der Waals surface area contributed by atoms with Crippen LogP contribution in [0.25, 0.3) is 0 Å². The zero-order chi connectivity index (χ0) is 14.5. The molecular formula is C17H27NOS. The Bertz CT molecular complexity index is 432. The quantitative estimate of drug-likeness (QED) is 0.902. The second-order valence-corrected chi connectivity index (χ2v) is 8.00. The van der Waals surface area contributed by atoms with Gasteiger partial charge in [0.2, 0.25) is 0 Å². The Hall–Kier alpha value is -0.670. The fraction of sp³-hybridized carbons (Fsp3) is 0.647. The highest BCUT2D eigenvalue weighted by Crippen LogP contribution is 2.35. The third-order valence-corrected chi connectivity index (χ3v) is 6.46. The molecular weight excluding hydrogens is 266 g/mol. The van der Waals surface area contributed by atoms with Crippen LogP contribution in [0.5, 0.6) is 0 Å². The fourth-order valence-corrected chi connectivity index (χ4v) is 5.22. The van der Waals surface area contributed by atoms with Crippen molar-refractivity contribution in [1.82, 2.24) is 5.32 Å². The van der Waals surface area contributed by atoms with Crippen LogP contribution in [0.3, 0.4) is 0 Å². The minimum absolute atomic E-state index is 0.293. The lowest BCUT2D eigenvalue weighted by atomic mass is 9.81. The Balaban J connectivity index is 2.09. The van der Waals surface area contributed by atoms with Gasteiger partial charge in [-0.05, 0) is 43.7 Å².